The van der Waals surface area contributed by atoms with Crippen LogP contribution in [0.3, 0.4) is 0 Å². The number of guanidine groups is 1. The second-order valence-corrected chi connectivity index (χ2v) is 6.74. The number of hydrogen-bond acceptors (Lipinski definition) is 2. The van der Waals surface area contributed by atoms with Gasteiger partial charge in [-0.3, -0.25) is 9.79 Å². The van der Waals surface area contributed by atoms with Gasteiger partial charge in [0.25, 0.3) is 5.91 Å². The third-order valence-electron chi connectivity index (χ3n) is 4.44. The maximum atomic E-state index is 12.0. The van der Waals surface area contributed by atoms with Crippen molar-refractivity contribution in [3.63, 3.8) is 0 Å². The van der Waals surface area contributed by atoms with Crippen LogP contribution >= 0.6 is 35.6 Å². The number of fused-ring (bicyclic) bond motifs is 1. The van der Waals surface area contributed by atoms with E-state index in [0.29, 0.717) is 29.6 Å². The van der Waals surface area contributed by atoms with Crippen molar-refractivity contribution in [1.29, 1.82) is 0 Å². The molecule has 1 aliphatic carbocycles. The summed E-state index contributed by atoms with van der Waals surface area (Å²) in [5.74, 6) is 0.213. The molecule has 0 saturated heterocycles. The first-order valence-corrected chi connectivity index (χ1v) is 9.23. The average Bonchev–Trinajstić information content (AvgIpc) is 2.66. The Balaban J connectivity index is 0.00000261. The van der Waals surface area contributed by atoms with Crippen molar-refractivity contribution in [1.82, 2.24) is 5.32 Å². The Morgan fingerprint density at radius 1 is 1.11 bits per heavy atom. The zero-order valence-electron chi connectivity index (χ0n) is 15.0. The molecule has 0 unspecified atom stereocenters. The van der Waals surface area contributed by atoms with Crippen LogP contribution in [0.15, 0.2) is 47.5 Å². The number of hydrogen-bond donors (Lipinski definition) is 3. The summed E-state index contributed by atoms with van der Waals surface area (Å²) in [5, 5.41) is 6.62. The summed E-state index contributed by atoms with van der Waals surface area (Å²) in [6, 6.07) is 13.0. The predicted molar refractivity (Wildman–Crippen MR) is 122 cm³/mol. The molecule has 0 bridgehead atoms. The molecule has 0 heterocycles. The van der Waals surface area contributed by atoms with Gasteiger partial charge in [0.15, 0.2) is 5.96 Å². The molecule has 1 aliphatic rings. The van der Waals surface area contributed by atoms with Gasteiger partial charge in [0, 0.05) is 22.8 Å². The Kier molecular flexibility index (Phi) is 8.37. The Labute approximate surface area is 181 Å². The number of nitrogens with zero attached hydrogens (tertiary/aromatic N) is 1. The number of carbonyl (C=O) groups is 1. The summed E-state index contributed by atoms with van der Waals surface area (Å²) in [7, 11) is 0. The van der Waals surface area contributed by atoms with Crippen molar-refractivity contribution >= 4 is 53.1 Å². The number of halogens is 2. The number of nitrogens with two attached hydrogens (primary N) is 1. The Morgan fingerprint density at radius 3 is 2.63 bits per heavy atom. The van der Waals surface area contributed by atoms with E-state index < -0.39 is 0 Å². The van der Waals surface area contributed by atoms with Crippen molar-refractivity contribution in [3.05, 3.63) is 64.2 Å². The minimum atomic E-state index is -0.152. The van der Waals surface area contributed by atoms with Crippen LogP contribution in [-0.2, 0) is 12.8 Å². The highest BCUT2D eigenvalue weighted by Gasteiger charge is 2.13. The van der Waals surface area contributed by atoms with Crippen LogP contribution in [0, 0.1) is 0 Å². The van der Waals surface area contributed by atoms with Gasteiger partial charge in [-0.15, -0.1) is 24.0 Å². The summed E-state index contributed by atoms with van der Waals surface area (Å²) in [4.78, 5) is 16.3. The fraction of sp³-hybridized carbons (Fsp3) is 0.300. The molecule has 0 fully saturated rings. The molecule has 7 heteroatoms. The third kappa shape index (κ3) is 6.10. The van der Waals surface area contributed by atoms with Gasteiger partial charge < -0.3 is 16.4 Å². The first kappa shape index (κ1) is 21.5. The first-order valence-electron chi connectivity index (χ1n) is 8.85. The van der Waals surface area contributed by atoms with Crippen LogP contribution < -0.4 is 16.4 Å². The molecule has 3 rings (SSSR count). The van der Waals surface area contributed by atoms with E-state index in [9.17, 15) is 4.79 Å². The third-order valence-corrected chi connectivity index (χ3v) is 4.70. The van der Waals surface area contributed by atoms with Crippen molar-refractivity contribution in [2.75, 3.05) is 18.4 Å². The highest BCUT2D eigenvalue weighted by molar-refractivity contribution is 14.0. The van der Waals surface area contributed by atoms with Crippen LogP contribution in [0.4, 0.5) is 5.69 Å². The lowest BCUT2D eigenvalue weighted by atomic mass is 9.90. The van der Waals surface area contributed by atoms with Crippen molar-refractivity contribution in [3.8, 4) is 0 Å². The molecule has 144 valence electrons. The highest BCUT2D eigenvalue weighted by Crippen LogP contribution is 2.27. The van der Waals surface area contributed by atoms with E-state index in [0.717, 1.165) is 18.5 Å². The van der Waals surface area contributed by atoms with E-state index in [1.807, 2.05) is 12.1 Å². The van der Waals surface area contributed by atoms with Gasteiger partial charge >= 0.3 is 0 Å². The Bertz CT molecular complexity index is 808. The molecule has 0 atom stereocenters. The molecule has 1 amide bonds. The largest absolute Gasteiger partial charge is 0.370 e. The lowest BCUT2D eigenvalue weighted by molar-refractivity contribution is 0.0955. The average molecular weight is 499 g/mol. The molecule has 0 radical (unpaired) electrons. The molecule has 4 N–H and O–H groups in total. The minimum absolute atomic E-state index is 0. The Morgan fingerprint density at radius 2 is 1.85 bits per heavy atom. The van der Waals surface area contributed by atoms with E-state index in [4.69, 9.17) is 17.3 Å². The summed E-state index contributed by atoms with van der Waals surface area (Å²) in [5.41, 5.74) is 10.3. The van der Waals surface area contributed by atoms with Crippen LogP contribution in [-0.4, -0.2) is 25.0 Å². The summed E-state index contributed by atoms with van der Waals surface area (Å²) in [6.07, 6.45) is 4.65. The van der Waals surface area contributed by atoms with Gasteiger partial charge in [-0.1, -0.05) is 23.7 Å². The normalized spacial score (nSPS) is 13.3. The molecular weight excluding hydrogens is 475 g/mol. The summed E-state index contributed by atoms with van der Waals surface area (Å²) >= 11 is 5.82. The Hall–Kier alpha value is -1.80. The molecule has 0 saturated carbocycles. The van der Waals surface area contributed by atoms with Crippen molar-refractivity contribution in [2.45, 2.75) is 25.7 Å². The molecule has 27 heavy (non-hydrogen) atoms. The molecular formula is C20H24ClIN4O. The van der Waals surface area contributed by atoms with E-state index in [2.05, 4.69) is 21.7 Å². The van der Waals surface area contributed by atoms with Gasteiger partial charge in [-0.05, 0) is 67.1 Å². The quantitative estimate of drug-likeness (QED) is 0.252. The number of anilines is 1. The highest BCUT2D eigenvalue weighted by atomic mass is 127. The second-order valence-electron chi connectivity index (χ2n) is 6.31. The number of rotatable bonds is 5. The lowest BCUT2D eigenvalue weighted by Crippen LogP contribution is -2.28. The van der Waals surface area contributed by atoms with Crippen LogP contribution in [0.5, 0.6) is 0 Å². The number of aliphatic imine (C=N–C) groups is 1. The zero-order chi connectivity index (χ0) is 18.4. The smallest absolute Gasteiger partial charge is 0.251 e. The summed E-state index contributed by atoms with van der Waals surface area (Å²) < 4.78 is 0. The lowest BCUT2D eigenvalue weighted by Gasteiger charge is -2.19. The fourth-order valence-electron chi connectivity index (χ4n) is 3.13. The molecule has 5 nitrogen and oxygen atoms in total. The number of aryl methyl sites for hydroxylation is 1. The monoisotopic (exact) mass is 498 g/mol. The number of amides is 1. The molecule has 0 aliphatic heterocycles. The van der Waals surface area contributed by atoms with E-state index in [1.54, 1.807) is 24.3 Å². The van der Waals surface area contributed by atoms with Crippen LogP contribution in [0.2, 0.25) is 5.02 Å². The number of nitrogens with one attached hydrogen (secondary N) is 2. The second kappa shape index (κ2) is 10.5. The zero-order valence-corrected chi connectivity index (χ0v) is 18.1. The molecule has 0 spiro atoms. The van der Waals surface area contributed by atoms with Gasteiger partial charge in [-0.25, -0.2) is 0 Å². The van der Waals surface area contributed by atoms with Crippen molar-refractivity contribution in [2.24, 2.45) is 10.7 Å². The molecule has 0 aromatic heterocycles. The standard InChI is InChI=1S/C20H23ClN4O.HI/c21-16-10-8-15(9-11-16)19(26)23-12-13-24-20(22)25-18-7-3-5-14-4-1-2-6-17(14)18;/h3,5,7-11H,1-2,4,6,12-13H2,(H,23,26)(H3,22,24,25);1H. The van der Waals surface area contributed by atoms with Gasteiger partial charge in [0.1, 0.15) is 0 Å². The van der Waals surface area contributed by atoms with Gasteiger partial charge in [0.05, 0.1) is 6.54 Å². The number of carbonyl (C=O) groups excluding carboxylic acids is 1. The predicted octanol–water partition coefficient (Wildman–Crippen LogP) is 3.99. The van der Waals surface area contributed by atoms with E-state index >= 15 is 0 Å². The SMILES string of the molecule is I.NC(=NCCNC(=O)c1ccc(Cl)cc1)Nc1cccc2c1CCCC2. The summed E-state index contributed by atoms with van der Waals surface area (Å²) in [6.45, 7) is 0.823. The fourth-order valence-corrected chi connectivity index (χ4v) is 3.25. The van der Waals surface area contributed by atoms with Crippen molar-refractivity contribution < 1.29 is 4.79 Å². The minimum Gasteiger partial charge on any atom is -0.370 e. The number of benzene rings is 2. The molecule has 2 aromatic carbocycles. The van der Waals surface area contributed by atoms with Gasteiger partial charge in [0.2, 0.25) is 0 Å². The van der Waals surface area contributed by atoms with Gasteiger partial charge in [-0.2, -0.15) is 0 Å². The maximum absolute atomic E-state index is 12.0. The van der Waals surface area contributed by atoms with E-state index in [1.165, 1.54) is 24.0 Å². The van der Waals surface area contributed by atoms with Crippen LogP contribution in [0.25, 0.3) is 0 Å². The molecule has 2 aromatic rings. The maximum Gasteiger partial charge on any atom is 0.251 e. The first-order chi connectivity index (χ1) is 12.6. The van der Waals surface area contributed by atoms with Crippen LogP contribution in [0.1, 0.15) is 34.3 Å². The topological polar surface area (TPSA) is 79.5 Å². The van der Waals surface area contributed by atoms with E-state index in [-0.39, 0.29) is 29.9 Å².